The van der Waals surface area contributed by atoms with E-state index < -0.39 is 0 Å². The van der Waals surface area contributed by atoms with Gasteiger partial charge >= 0.3 is 0 Å². The van der Waals surface area contributed by atoms with Crippen LogP contribution < -0.4 is 5.32 Å². The summed E-state index contributed by atoms with van der Waals surface area (Å²) in [6.45, 7) is 3.89. The lowest BCUT2D eigenvalue weighted by Crippen LogP contribution is -2.14. The first kappa shape index (κ1) is 16.8. The number of anilines is 1. The van der Waals surface area contributed by atoms with Crippen LogP contribution in [0.3, 0.4) is 0 Å². The lowest BCUT2D eigenvalue weighted by molar-refractivity contribution is -0.116. The monoisotopic (exact) mass is 342 g/mol. The molecule has 0 saturated heterocycles. The van der Waals surface area contributed by atoms with Crippen LogP contribution in [0.2, 0.25) is 0 Å². The van der Waals surface area contributed by atoms with Crippen LogP contribution in [0.15, 0.2) is 18.2 Å². The number of fused-ring (bicyclic) bond motifs is 1. The first-order chi connectivity index (χ1) is 11.5. The van der Waals surface area contributed by atoms with E-state index in [2.05, 4.69) is 10.3 Å². The van der Waals surface area contributed by atoms with Gasteiger partial charge in [-0.25, -0.2) is 4.98 Å². The lowest BCUT2D eigenvalue weighted by Gasteiger charge is -2.06. The minimum Gasteiger partial charge on any atom is -0.302 e. The van der Waals surface area contributed by atoms with Crippen LogP contribution in [0.4, 0.5) is 5.13 Å². The number of hydrogen-bond acceptors (Lipinski definition) is 4. The van der Waals surface area contributed by atoms with Gasteiger partial charge in [0.1, 0.15) is 0 Å². The number of Topliss-reactive ketones (excluding diaryl/α,β-unsaturated/α-hetero) is 1. The third kappa shape index (κ3) is 3.90. The van der Waals surface area contributed by atoms with Crippen molar-refractivity contribution < 1.29 is 9.59 Å². The summed E-state index contributed by atoms with van der Waals surface area (Å²) in [5.74, 6) is -0.121. The van der Waals surface area contributed by atoms with Crippen molar-refractivity contribution in [1.29, 1.82) is 0 Å². The summed E-state index contributed by atoms with van der Waals surface area (Å²) in [7, 11) is 0. The molecule has 0 radical (unpaired) electrons. The normalized spacial score (nSPS) is 13.4. The number of nitrogens with zero attached hydrogens (tertiary/aromatic N) is 1. The van der Waals surface area contributed by atoms with Crippen molar-refractivity contribution in [3.8, 4) is 0 Å². The van der Waals surface area contributed by atoms with Gasteiger partial charge in [0, 0.05) is 23.3 Å². The van der Waals surface area contributed by atoms with Gasteiger partial charge in [0.05, 0.1) is 5.69 Å². The van der Waals surface area contributed by atoms with Crippen LogP contribution in [0.25, 0.3) is 0 Å². The number of nitrogens with one attached hydrogen (secondary N) is 1. The van der Waals surface area contributed by atoms with Gasteiger partial charge in [-0.2, -0.15) is 0 Å². The molecular formula is C19H22N2O2S. The smallest absolute Gasteiger partial charge is 0.226 e. The molecule has 0 spiro atoms. The Morgan fingerprint density at radius 3 is 2.75 bits per heavy atom. The third-order valence-corrected chi connectivity index (χ3v) is 5.44. The maximum absolute atomic E-state index is 12.3. The molecule has 1 N–H and O–H groups in total. The van der Waals surface area contributed by atoms with Crippen molar-refractivity contribution in [2.45, 2.75) is 52.4 Å². The van der Waals surface area contributed by atoms with E-state index in [1.807, 2.05) is 32.0 Å². The zero-order valence-corrected chi connectivity index (χ0v) is 15.0. The van der Waals surface area contributed by atoms with Gasteiger partial charge in [-0.3, -0.25) is 9.59 Å². The number of carbonyl (C=O) groups excluding carboxylic acids is 2. The number of thiazole rings is 1. The Bertz CT molecular complexity index is 756. The Morgan fingerprint density at radius 2 is 1.96 bits per heavy atom. The molecule has 0 saturated carbocycles. The number of aryl methyl sites for hydroxylation is 4. The molecule has 5 heteroatoms. The summed E-state index contributed by atoms with van der Waals surface area (Å²) in [6.07, 6.45) is 4.86. The molecular weight excluding hydrogens is 320 g/mol. The quantitative estimate of drug-likeness (QED) is 0.827. The van der Waals surface area contributed by atoms with Crippen LogP contribution in [0.5, 0.6) is 0 Å². The largest absolute Gasteiger partial charge is 0.302 e. The lowest BCUT2D eigenvalue weighted by atomic mass is 9.99. The fourth-order valence-corrected chi connectivity index (χ4v) is 4.05. The number of rotatable bonds is 5. The molecule has 2 aromatic rings. The SMILES string of the molecule is Cc1ccc(C)c(C(=O)CCC(=O)Nc2nc3c(s2)CCCC3)c1. The Morgan fingerprint density at radius 1 is 1.17 bits per heavy atom. The molecule has 0 aliphatic heterocycles. The molecule has 126 valence electrons. The summed E-state index contributed by atoms with van der Waals surface area (Å²) in [5, 5.41) is 3.52. The van der Waals surface area contributed by atoms with Gasteiger partial charge in [-0.15, -0.1) is 11.3 Å². The van der Waals surface area contributed by atoms with Gasteiger partial charge in [0.2, 0.25) is 5.91 Å². The third-order valence-electron chi connectivity index (χ3n) is 4.36. The van der Waals surface area contributed by atoms with Crippen LogP contribution in [0.1, 0.15) is 57.7 Å². The van der Waals surface area contributed by atoms with Crippen molar-refractivity contribution in [2.75, 3.05) is 5.32 Å². The van der Waals surface area contributed by atoms with Crippen LogP contribution in [-0.2, 0) is 17.6 Å². The number of ketones is 1. The van der Waals surface area contributed by atoms with Gasteiger partial charge < -0.3 is 5.32 Å². The Balaban J connectivity index is 1.56. The Hall–Kier alpha value is -2.01. The number of hydrogen-bond donors (Lipinski definition) is 1. The molecule has 24 heavy (non-hydrogen) atoms. The van der Waals surface area contributed by atoms with Crippen molar-refractivity contribution in [3.05, 3.63) is 45.5 Å². The first-order valence-corrected chi connectivity index (χ1v) is 9.23. The van der Waals surface area contributed by atoms with E-state index in [4.69, 9.17) is 0 Å². The van der Waals surface area contributed by atoms with Gasteiger partial charge in [-0.05, 0) is 51.2 Å². The van der Waals surface area contributed by atoms with Gasteiger partial charge in [0.15, 0.2) is 10.9 Å². The highest BCUT2D eigenvalue weighted by atomic mass is 32.1. The molecule has 1 aromatic carbocycles. The molecule has 0 unspecified atom stereocenters. The average molecular weight is 342 g/mol. The van der Waals surface area contributed by atoms with E-state index in [0.717, 1.165) is 29.7 Å². The maximum atomic E-state index is 12.3. The standard InChI is InChI=1S/C19H22N2O2S/c1-12-7-8-13(2)14(11-12)16(22)9-10-18(23)21-19-20-15-5-3-4-6-17(15)24-19/h7-8,11H,3-6,9-10H2,1-2H3,(H,20,21,23). The van der Waals surface area contributed by atoms with E-state index in [1.54, 1.807) is 11.3 Å². The second kappa shape index (κ2) is 7.26. The molecule has 4 nitrogen and oxygen atoms in total. The molecule has 1 aliphatic carbocycles. The van der Waals surface area contributed by atoms with Crippen molar-refractivity contribution in [1.82, 2.24) is 4.98 Å². The Kier molecular flexibility index (Phi) is 5.09. The number of amides is 1. The highest BCUT2D eigenvalue weighted by Crippen LogP contribution is 2.29. The zero-order chi connectivity index (χ0) is 17.1. The highest BCUT2D eigenvalue weighted by molar-refractivity contribution is 7.15. The Labute approximate surface area is 146 Å². The second-order valence-corrected chi connectivity index (χ2v) is 7.47. The van der Waals surface area contributed by atoms with Crippen LogP contribution in [-0.4, -0.2) is 16.7 Å². The van der Waals surface area contributed by atoms with E-state index in [0.29, 0.717) is 10.7 Å². The fraction of sp³-hybridized carbons (Fsp3) is 0.421. The van der Waals surface area contributed by atoms with E-state index in [1.165, 1.54) is 17.7 Å². The minimum absolute atomic E-state index is 0.0183. The molecule has 3 rings (SSSR count). The van der Waals surface area contributed by atoms with Crippen molar-refractivity contribution >= 4 is 28.2 Å². The zero-order valence-electron chi connectivity index (χ0n) is 14.1. The average Bonchev–Trinajstić information content (AvgIpc) is 2.97. The summed E-state index contributed by atoms with van der Waals surface area (Å²) in [4.78, 5) is 30.3. The van der Waals surface area contributed by atoms with Crippen molar-refractivity contribution in [2.24, 2.45) is 0 Å². The second-order valence-electron chi connectivity index (χ2n) is 6.39. The van der Waals surface area contributed by atoms with Crippen molar-refractivity contribution in [3.63, 3.8) is 0 Å². The summed E-state index contributed by atoms with van der Waals surface area (Å²) in [5.41, 5.74) is 3.86. The van der Waals surface area contributed by atoms with Crippen LogP contribution in [0, 0.1) is 13.8 Å². The van der Waals surface area contributed by atoms with E-state index in [9.17, 15) is 9.59 Å². The summed E-state index contributed by atoms with van der Waals surface area (Å²) < 4.78 is 0. The van der Waals surface area contributed by atoms with Gasteiger partial charge in [0.25, 0.3) is 0 Å². The topological polar surface area (TPSA) is 59.1 Å². The maximum Gasteiger partial charge on any atom is 0.226 e. The molecule has 1 aromatic heterocycles. The molecule has 0 fully saturated rings. The number of aromatic nitrogens is 1. The molecule has 0 atom stereocenters. The summed E-state index contributed by atoms with van der Waals surface area (Å²) >= 11 is 1.57. The predicted octanol–water partition coefficient (Wildman–Crippen LogP) is 4.24. The molecule has 1 aliphatic rings. The fourth-order valence-electron chi connectivity index (χ4n) is 2.99. The molecule has 1 amide bonds. The summed E-state index contributed by atoms with van der Waals surface area (Å²) in [6, 6.07) is 5.83. The molecule has 1 heterocycles. The number of benzene rings is 1. The number of carbonyl (C=O) groups is 2. The predicted molar refractivity (Wildman–Crippen MR) is 96.9 cm³/mol. The minimum atomic E-state index is -0.139. The van der Waals surface area contributed by atoms with E-state index in [-0.39, 0.29) is 24.5 Å². The van der Waals surface area contributed by atoms with Gasteiger partial charge in [-0.1, -0.05) is 17.7 Å². The van der Waals surface area contributed by atoms with Crippen LogP contribution >= 0.6 is 11.3 Å². The highest BCUT2D eigenvalue weighted by Gasteiger charge is 2.17. The van der Waals surface area contributed by atoms with E-state index >= 15 is 0 Å². The first-order valence-electron chi connectivity index (χ1n) is 8.42. The molecule has 0 bridgehead atoms.